The molecule has 0 fully saturated rings. The molecule has 1 heterocycles. The Hall–Kier alpha value is -1.36. The van der Waals surface area contributed by atoms with Crippen molar-refractivity contribution in [3.8, 4) is 5.88 Å². The van der Waals surface area contributed by atoms with Crippen molar-refractivity contribution in [2.45, 2.75) is 32.6 Å². The number of nitrogens with one attached hydrogen (secondary N) is 1. The van der Waals surface area contributed by atoms with Crippen molar-refractivity contribution < 1.29 is 9.84 Å². The Morgan fingerprint density at radius 3 is 2.88 bits per heavy atom. The monoisotopic (exact) mass is 239 g/mol. The number of aliphatic hydroxyl groups is 1. The number of anilines is 1. The lowest BCUT2D eigenvalue weighted by Gasteiger charge is -2.06. The van der Waals surface area contributed by atoms with Crippen LogP contribution < -0.4 is 10.1 Å². The van der Waals surface area contributed by atoms with Gasteiger partial charge in [-0.05, 0) is 19.8 Å². The average molecular weight is 239 g/mol. The zero-order chi connectivity index (χ0) is 12.3. The maximum atomic E-state index is 8.63. The topological polar surface area (TPSA) is 67.3 Å². The molecule has 0 aliphatic heterocycles. The first-order chi connectivity index (χ1) is 8.36. The number of rotatable bonds is 9. The first-order valence-electron chi connectivity index (χ1n) is 6.17. The molecule has 5 nitrogen and oxygen atoms in total. The van der Waals surface area contributed by atoms with Gasteiger partial charge in [0.2, 0.25) is 11.8 Å². The van der Waals surface area contributed by atoms with Crippen LogP contribution in [0.15, 0.2) is 12.3 Å². The second-order valence-electron chi connectivity index (χ2n) is 3.72. The summed E-state index contributed by atoms with van der Waals surface area (Å²) in [6.07, 6.45) is 5.81. The summed E-state index contributed by atoms with van der Waals surface area (Å²) in [5.41, 5.74) is 0. The van der Waals surface area contributed by atoms with Gasteiger partial charge >= 0.3 is 0 Å². The fourth-order valence-corrected chi connectivity index (χ4v) is 1.45. The van der Waals surface area contributed by atoms with Gasteiger partial charge in [-0.15, -0.1) is 0 Å². The van der Waals surface area contributed by atoms with Gasteiger partial charge < -0.3 is 15.2 Å². The van der Waals surface area contributed by atoms with Crippen LogP contribution in [-0.2, 0) is 0 Å². The smallest absolute Gasteiger partial charge is 0.225 e. The number of hydrogen-bond acceptors (Lipinski definition) is 5. The minimum Gasteiger partial charge on any atom is -0.478 e. The molecule has 0 aliphatic carbocycles. The van der Waals surface area contributed by atoms with E-state index in [2.05, 4.69) is 15.3 Å². The van der Waals surface area contributed by atoms with Crippen LogP contribution in [0.3, 0.4) is 0 Å². The number of hydrogen-bond donors (Lipinski definition) is 2. The minimum atomic E-state index is 0.285. The molecule has 0 amide bonds. The third kappa shape index (κ3) is 6.06. The second-order valence-corrected chi connectivity index (χ2v) is 3.72. The Balaban J connectivity index is 2.19. The lowest BCUT2D eigenvalue weighted by molar-refractivity contribution is 0.283. The maximum absolute atomic E-state index is 8.63. The highest BCUT2D eigenvalue weighted by atomic mass is 16.5. The van der Waals surface area contributed by atoms with E-state index in [4.69, 9.17) is 9.84 Å². The molecule has 2 N–H and O–H groups in total. The lowest BCUT2D eigenvalue weighted by Crippen LogP contribution is -2.06. The highest BCUT2D eigenvalue weighted by Crippen LogP contribution is 2.08. The van der Waals surface area contributed by atoms with Gasteiger partial charge in [0.1, 0.15) is 0 Å². The molecule has 0 aromatic carbocycles. The average Bonchev–Trinajstić information content (AvgIpc) is 2.35. The molecular formula is C12H21N3O2. The summed E-state index contributed by atoms with van der Waals surface area (Å²) >= 11 is 0. The van der Waals surface area contributed by atoms with E-state index in [-0.39, 0.29) is 6.61 Å². The summed E-state index contributed by atoms with van der Waals surface area (Å²) in [4.78, 5) is 8.33. The van der Waals surface area contributed by atoms with E-state index in [1.54, 1.807) is 12.3 Å². The standard InChI is InChI=1S/C12H21N3O2/c1-2-17-11-7-9-14-12(15-11)13-8-5-3-4-6-10-16/h7,9,16H,2-6,8,10H2,1H3,(H,13,14,15). The molecule has 1 aromatic rings. The lowest BCUT2D eigenvalue weighted by atomic mass is 10.2. The quantitative estimate of drug-likeness (QED) is 0.644. The largest absolute Gasteiger partial charge is 0.478 e. The van der Waals surface area contributed by atoms with Gasteiger partial charge in [0, 0.05) is 25.4 Å². The van der Waals surface area contributed by atoms with E-state index in [0.29, 0.717) is 18.4 Å². The summed E-state index contributed by atoms with van der Waals surface area (Å²) in [7, 11) is 0. The van der Waals surface area contributed by atoms with Crippen molar-refractivity contribution in [3.05, 3.63) is 12.3 Å². The van der Waals surface area contributed by atoms with E-state index in [1.807, 2.05) is 6.92 Å². The Morgan fingerprint density at radius 1 is 1.29 bits per heavy atom. The highest BCUT2D eigenvalue weighted by molar-refractivity contribution is 5.27. The summed E-state index contributed by atoms with van der Waals surface area (Å²) in [5.74, 6) is 1.21. The summed E-state index contributed by atoms with van der Waals surface area (Å²) in [5, 5.41) is 11.8. The molecule has 0 saturated carbocycles. The van der Waals surface area contributed by atoms with Crippen molar-refractivity contribution in [2.75, 3.05) is 25.1 Å². The molecule has 5 heteroatoms. The number of unbranched alkanes of at least 4 members (excludes halogenated alkanes) is 3. The van der Waals surface area contributed by atoms with Gasteiger partial charge in [0.25, 0.3) is 0 Å². The van der Waals surface area contributed by atoms with Crippen molar-refractivity contribution in [2.24, 2.45) is 0 Å². The normalized spacial score (nSPS) is 10.2. The van der Waals surface area contributed by atoms with Gasteiger partial charge in [-0.25, -0.2) is 4.98 Å². The van der Waals surface area contributed by atoms with Gasteiger partial charge in [0.15, 0.2) is 0 Å². The van der Waals surface area contributed by atoms with Gasteiger partial charge in [-0.2, -0.15) is 4.98 Å². The Morgan fingerprint density at radius 2 is 2.12 bits per heavy atom. The van der Waals surface area contributed by atoms with Gasteiger partial charge in [-0.3, -0.25) is 0 Å². The Bertz CT molecular complexity index is 308. The molecule has 0 atom stereocenters. The predicted molar refractivity (Wildman–Crippen MR) is 67.2 cm³/mol. The molecule has 0 unspecified atom stereocenters. The van der Waals surface area contributed by atoms with Crippen LogP contribution in [0.4, 0.5) is 5.95 Å². The minimum absolute atomic E-state index is 0.285. The van der Waals surface area contributed by atoms with Crippen LogP contribution in [0.2, 0.25) is 0 Å². The number of aliphatic hydroxyl groups excluding tert-OH is 1. The Kier molecular flexibility index (Phi) is 7.06. The van der Waals surface area contributed by atoms with Gasteiger partial charge in [-0.1, -0.05) is 12.8 Å². The van der Waals surface area contributed by atoms with Crippen molar-refractivity contribution in [1.82, 2.24) is 9.97 Å². The zero-order valence-corrected chi connectivity index (χ0v) is 10.4. The first kappa shape index (κ1) is 13.7. The molecule has 0 radical (unpaired) electrons. The molecule has 96 valence electrons. The van der Waals surface area contributed by atoms with E-state index in [9.17, 15) is 0 Å². The van der Waals surface area contributed by atoms with Crippen LogP contribution in [-0.4, -0.2) is 34.8 Å². The SMILES string of the molecule is CCOc1ccnc(NCCCCCCO)n1. The second kappa shape index (κ2) is 8.75. The summed E-state index contributed by atoms with van der Waals surface area (Å²) < 4.78 is 5.29. The van der Waals surface area contributed by atoms with Crippen LogP contribution in [0.25, 0.3) is 0 Å². The van der Waals surface area contributed by atoms with Crippen LogP contribution in [0, 0.1) is 0 Å². The van der Waals surface area contributed by atoms with Crippen molar-refractivity contribution >= 4 is 5.95 Å². The zero-order valence-electron chi connectivity index (χ0n) is 10.4. The van der Waals surface area contributed by atoms with E-state index in [1.165, 1.54) is 0 Å². The molecule has 17 heavy (non-hydrogen) atoms. The molecule has 0 bridgehead atoms. The van der Waals surface area contributed by atoms with Gasteiger partial charge in [0.05, 0.1) is 6.61 Å². The molecule has 1 aromatic heterocycles. The van der Waals surface area contributed by atoms with Crippen LogP contribution in [0.5, 0.6) is 5.88 Å². The molecule has 1 rings (SSSR count). The number of aromatic nitrogens is 2. The van der Waals surface area contributed by atoms with Crippen molar-refractivity contribution in [3.63, 3.8) is 0 Å². The molecular weight excluding hydrogens is 218 g/mol. The third-order valence-electron chi connectivity index (χ3n) is 2.29. The molecule has 0 aliphatic rings. The maximum Gasteiger partial charge on any atom is 0.225 e. The van der Waals surface area contributed by atoms with E-state index >= 15 is 0 Å². The highest BCUT2D eigenvalue weighted by Gasteiger charge is 1.98. The fourth-order valence-electron chi connectivity index (χ4n) is 1.45. The van der Waals surface area contributed by atoms with E-state index < -0.39 is 0 Å². The third-order valence-corrected chi connectivity index (χ3v) is 2.29. The molecule has 0 spiro atoms. The van der Waals surface area contributed by atoms with Crippen molar-refractivity contribution in [1.29, 1.82) is 0 Å². The molecule has 0 saturated heterocycles. The van der Waals surface area contributed by atoms with Crippen LogP contribution in [0.1, 0.15) is 32.6 Å². The summed E-state index contributed by atoms with van der Waals surface area (Å²) in [6.45, 7) is 3.67. The summed E-state index contributed by atoms with van der Waals surface area (Å²) in [6, 6.07) is 1.75. The number of nitrogens with zero attached hydrogens (tertiary/aromatic N) is 2. The Labute approximate surface area is 102 Å². The number of ether oxygens (including phenoxy) is 1. The predicted octanol–water partition coefficient (Wildman–Crippen LogP) is 1.84. The van der Waals surface area contributed by atoms with E-state index in [0.717, 1.165) is 32.2 Å². The fraction of sp³-hybridized carbons (Fsp3) is 0.667. The first-order valence-corrected chi connectivity index (χ1v) is 6.17. The van der Waals surface area contributed by atoms with Crippen LogP contribution >= 0.6 is 0 Å².